The number of fused-ring (bicyclic) bond motifs is 1. The highest BCUT2D eigenvalue weighted by atomic mass is 19.1. The summed E-state index contributed by atoms with van der Waals surface area (Å²) < 4.78 is 13.2. The third-order valence-corrected chi connectivity index (χ3v) is 3.43. The molecule has 0 saturated heterocycles. The maximum atomic E-state index is 13.2. The van der Waals surface area contributed by atoms with Crippen LogP contribution in [0.2, 0.25) is 0 Å². The molecule has 0 aliphatic carbocycles. The summed E-state index contributed by atoms with van der Waals surface area (Å²) in [5, 5.41) is 0.860. The number of para-hydroxylation sites is 1. The van der Waals surface area contributed by atoms with Gasteiger partial charge in [-0.2, -0.15) is 0 Å². The molecule has 0 saturated carbocycles. The van der Waals surface area contributed by atoms with E-state index in [4.69, 9.17) is 5.73 Å². The lowest BCUT2D eigenvalue weighted by Gasteiger charge is -2.16. The van der Waals surface area contributed by atoms with Gasteiger partial charge in [0.25, 0.3) is 0 Å². The van der Waals surface area contributed by atoms with Crippen molar-refractivity contribution in [2.24, 2.45) is 0 Å². The molecular weight excluding hydrogens is 279 g/mol. The molecule has 0 spiro atoms. The van der Waals surface area contributed by atoms with E-state index in [-0.39, 0.29) is 5.82 Å². The number of hydrogen-bond acceptors (Lipinski definition) is 4. The minimum Gasteiger partial charge on any atom is -0.383 e. The lowest BCUT2D eigenvalue weighted by molar-refractivity contribution is 0.310. The van der Waals surface area contributed by atoms with Crippen LogP contribution in [0.3, 0.4) is 0 Å². The molecule has 2 N–H and O–H groups in total. The van der Waals surface area contributed by atoms with Gasteiger partial charge in [-0.25, -0.2) is 14.4 Å². The SMILES string of the molecule is CN(Cc1cccc(F)c1)Cc1nc(N)c2ccccc2n1. The van der Waals surface area contributed by atoms with E-state index in [9.17, 15) is 4.39 Å². The summed E-state index contributed by atoms with van der Waals surface area (Å²) >= 11 is 0. The van der Waals surface area contributed by atoms with E-state index in [1.165, 1.54) is 12.1 Å². The molecule has 0 amide bonds. The summed E-state index contributed by atoms with van der Waals surface area (Å²) in [6, 6.07) is 14.3. The van der Waals surface area contributed by atoms with Gasteiger partial charge in [0, 0.05) is 11.9 Å². The number of nitrogens with zero attached hydrogens (tertiary/aromatic N) is 3. The molecule has 0 unspecified atom stereocenters. The van der Waals surface area contributed by atoms with Crippen LogP contribution in [0.15, 0.2) is 48.5 Å². The monoisotopic (exact) mass is 296 g/mol. The molecule has 1 heterocycles. The molecule has 0 fully saturated rings. The maximum absolute atomic E-state index is 13.2. The van der Waals surface area contributed by atoms with Crippen molar-refractivity contribution in [3.8, 4) is 0 Å². The van der Waals surface area contributed by atoms with Crippen molar-refractivity contribution in [2.75, 3.05) is 12.8 Å². The topological polar surface area (TPSA) is 55.0 Å². The predicted molar refractivity (Wildman–Crippen MR) is 85.5 cm³/mol. The van der Waals surface area contributed by atoms with Crippen molar-refractivity contribution in [1.82, 2.24) is 14.9 Å². The van der Waals surface area contributed by atoms with E-state index in [2.05, 4.69) is 9.97 Å². The van der Waals surface area contributed by atoms with Crippen molar-refractivity contribution < 1.29 is 4.39 Å². The molecule has 2 aromatic carbocycles. The third-order valence-electron chi connectivity index (χ3n) is 3.43. The minimum absolute atomic E-state index is 0.225. The first-order valence-electron chi connectivity index (χ1n) is 7.06. The average Bonchev–Trinajstić information content (AvgIpc) is 2.47. The van der Waals surface area contributed by atoms with E-state index in [1.807, 2.05) is 42.3 Å². The van der Waals surface area contributed by atoms with Gasteiger partial charge in [-0.3, -0.25) is 4.90 Å². The number of nitrogens with two attached hydrogens (primary N) is 1. The fourth-order valence-corrected chi connectivity index (χ4v) is 2.47. The highest BCUT2D eigenvalue weighted by molar-refractivity contribution is 5.87. The van der Waals surface area contributed by atoms with E-state index < -0.39 is 0 Å². The Balaban J connectivity index is 1.77. The first kappa shape index (κ1) is 14.4. The van der Waals surface area contributed by atoms with Crippen molar-refractivity contribution in [1.29, 1.82) is 0 Å². The first-order chi connectivity index (χ1) is 10.6. The Morgan fingerprint density at radius 1 is 1.05 bits per heavy atom. The van der Waals surface area contributed by atoms with Gasteiger partial charge >= 0.3 is 0 Å². The Labute approximate surface area is 128 Å². The highest BCUT2D eigenvalue weighted by Gasteiger charge is 2.08. The minimum atomic E-state index is -0.225. The second kappa shape index (κ2) is 6.07. The molecule has 0 bridgehead atoms. The lowest BCUT2D eigenvalue weighted by Crippen LogP contribution is -2.19. The van der Waals surface area contributed by atoms with Crippen molar-refractivity contribution in [3.05, 3.63) is 65.7 Å². The Bertz CT molecular complexity index is 804. The van der Waals surface area contributed by atoms with Gasteiger partial charge < -0.3 is 5.73 Å². The van der Waals surface area contributed by atoms with Gasteiger partial charge in [-0.05, 0) is 36.9 Å². The zero-order valence-corrected chi connectivity index (χ0v) is 12.3. The smallest absolute Gasteiger partial charge is 0.145 e. The quantitative estimate of drug-likeness (QED) is 0.804. The van der Waals surface area contributed by atoms with E-state index >= 15 is 0 Å². The number of anilines is 1. The van der Waals surface area contributed by atoms with Crippen molar-refractivity contribution in [2.45, 2.75) is 13.1 Å². The molecule has 5 heteroatoms. The summed E-state index contributed by atoms with van der Waals surface area (Å²) in [5.74, 6) is 0.923. The van der Waals surface area contributed by atoms with Crippen LogP contribution < -0.4 is 5.73 Å². The van der Waals surface area contributed by atoms with Crippen LogP contribution in [0.1, 0.15) is 11.4 Å². The summed E-state index contributed by atoms with van der Waals surface area (Å²) in [7, 11) is 1.94. The zero-order valence-electron chi connectivity index (χ0n) is 12.3. The summed E-state index contributed by atoms with van der Waals surface area (Å²) in [6.07, 6.45) is 0. The number of halogens is 1. The maximum Gasteiger partial charge on any atom is 0.145 e. The van der Waals surface area contributed by atoms with Gasteiger partial charge in [-0.1, -0.05) is 24.3 Å². The Morgan fingerprint density at radius 2 is 1.86 bits per heavy atom. The number of aromatic nitrogens is 2. The molecule has 0 atom stereocenters. The molecule has 0 radical (unpaired) electrons. The molecule has 4 nitrogen and oxygen atoms in total. The third kappa shape index (κ3) is 3.20. The van der Waals surface area contributed by atoms with E-state index in [1.54, 1.807) is 6.07 Å². The van der Waals surface area contributed by atoms with Crippen LogP contribution >= 0.6 is 0 Å². The lowest BCUT2D eigenvalue weighted by atomic mass is 10.2. The number of benzene rings is 2. The van der Waals surface area contributed by atoms with Crippen LogP contribution in [-0.2, 0) is 13.1 Å². The molecule has 22 heavy (non-hydrogen) atoms. The zero-order chi connectivity index (χ0) is 15.5. The predicted octanol–water partition coefficient (Wildman–Crippen LogP) is 2.98. The molecule has 112 valence electrons. The molecule has 0 aliphatic heterocycles. The van der Waals surface area contributed by atoms with Crippen molar-refractivity contribution >= 4 is 16.7 Å². The van der Waals surface area contributed by atoms with E-state index in [0.717, 1.165) is 16.5 Å². The van der Waals surface area contributed by atoms with Gasteiger partial charge in [0.1, 0.15) is 17.5 Å². The highest BCUT2D eigenvalue weighted by Crippen LogP contribution is 2.18. The Kier molecular flexibility index (Phi) is 3.98. The summed E-state index contributed by atoms with van der Waals surface area (Å²) in [6.45, 7) is 1.17. The average molecular weight is 296 g/mol. The second-order valence-electron chi connectivity index (χ2n) is 5.34. The Hall–Kier alpha value is -2.53. The number of hydrogen-bond donors (Lipinski definition) is 1. The largest absolute Gasteiger partial charge is 0.383 e. The first-order valence-corrected chi connectivity index (χ1v) is 7.06. The fourth-order valence-electron chi connectivity index (χ4n) is 2.47. The van der Waals surface area contributed by atoms with Crippen LogP contribution in [0.5, 0.6) is 0 Å². The van der Waals surface area contributed by atoms with Gasteiger partial charge in [0.2, 0.25) is 0 Å². The normalized spacial score (nSPS) is 11.2. The standard InChI is InChI=1S/C17H17FN4/c1-22(10-12-5-4-6-13(18)9-12)11-16-20-15-8-3-2-7-14(15)17(19)21-16/h2-9H,10-11H2,1H3,(H2,19,20,21). The number of rotatable bonds is 4. The molecule has 0 aliphatic rings. The molecular formula is C17H17FN4. The molecule has 3 aromatic rings. The van der Waals surface area contributed by atoms with Crippen LogP contribution in [0.4, 0.5) is 10.2 Å². The van der Waals surface area contributed by atoms with Crippen LogP contribution in [0, 0.1) is 5.82 Å². The summed E-state index contributed by atoms with van der Waals surface area (Å²) in [4.78, 5) is 10.9. The fraction of sp³-hybridized carbons (Fsp3) is 0.176. The van der Waals surface area contributed by atoms with Gasteiger partial charge in [0.05, 0.1) is 12.1 Å². The van der Waals surface area contributed by atoms with Gasteiger partial charge in [-0.15, -0.1) is 0 Å². The van der Waals surface area contributed by atoms with Crippen LogP contribution in [0.25, 0.3) is 10.9 Å². The molecule has 3 rings (SSSR count). The second-order valence-corrected chi connectivity index (χ2v) is 5.34. The van der Waals surface area contributed by atoms with Crippen molar-refractivity contribution in [3.63, 3.8) is 0 Å². The Morgan fingerprint density at radius 3 is 2.68 bits per heavy atom. The van der Waals surface area contributed by atoms with E-state index in [0.29, 0.717) is 24.7 Å². The van der Waals surface area contributed by atoms with Gasteiger partial charge in [0.15, 0.2) is 0 Å². The molecule has 1 aromatic heterocycles. The summed E-state index contributed by atoms with van der Waals surface area (Å²) in [5.41, 5.74) is 7.74. The number of nitrogen functional groups attached to an aromatic ring is 1. The van der Waals surface area contributed by atoms with Crippen LogP contribution in [-0.4, -0.2) is 21.9 Å².